The Kier molecular flexibility index (Phi) is 7.60. The second-order valence-corrected chi connectivity index (χ2v) is 5.59. The molecular formula is C18H24O5. The van der Waals surface area contributed by atoms with E-state index in [1.54, 1.807) is 21.0 Å². The van der Waals surface area contributed by atoms with Gasteiger partial charge in [-0.3, -0.25) is 4.79 Å². The van der Waals surface area contributed by atoms with Gasteiger partial charge in [-0.25, -0.2) is 0 Å². The van der Waals surface area contributed by atoms with Crippen molar-refractivity contribution < 1.29 is 24.1 Å². The normalized spacial score (nSPS) is 12.0. The van der Waals surface area contributed by atoms with E-state index in [1.807, 2.05) is 24.3 Å². The molecule has 0 heterocycles. The molecule has 0 radical (unpaired) electrons. The highest BCUT2D eigenvalue weighted by molar-refractivity contribution is 5.77. The third kappa shape index (κ3) is 5.93. The summed E-state index contributed by atoms with van der Waals surface area (Å²) in [6.07, 6.45) is -0.596. The molecule has 0 saturated heterocycles. The number of benzene rings is 1. The molecule has 1 atom stereocenters. The fourth-order valence-corrected chi connectivity index (χ4v) is 1.76. The molecule has 0 saturated carbocycles. The predicted molar refractivity (Wildman–Crippen MR) is 86.8 cm³/mol. The Bertz CT molecular complexity index is 551. The Hall–Kier alpha value is -2.03. The lowest BCUT2D eigenvalue weighted by Crippen LogP contribution is -2.37. The van der Waals surface area contributed by atoms with Crippen LogP contribution in [0.3, 0.4) is 0 Å². The average molecular weight is 320 g/mol. The van der Waals surface area contributed by atoms with Gasteiger partial charge in [-0.15, -0.1) is 0 Å². The van der Waals surface area contributed by atoms with E-state index in [0.29, 0.717) is 19.6 Å². The Morgan fingerprint density at radius 2 is 1.91 bits per heavy atom. The van der Waals surface area contributed by atoms with Crippen molar-refractivity contribution in [3.8, 4) is 17.6 Å². The fraction of sp³-hybridized carbons (Fsp3) is 0.500. The zero-order chi connectivity index (χ0) is 17.3. The van der Waals surface area contributed by atoms with Crippen LogP contribution in [-0.4, -0.2) is 38.0 Å². The molecular weight excluding hydrogens is 296 g/mol. The van der Waals surface area contributed by atoms with E-state index in [0.717, 1.165) is 11.3 Å². The molecule has 0 spiro atoms. The fourth-order valence-electron chi connectivity index (χ4n) is 1.76. The maximum Gasteiger partial charge on any atom is 0.314 e. The van der Waals surface area contributed by atoms with Gasteiger partial charge in [-0.2, -0.15) is 0 Å². The summed E-state index contributed by atoms with van der Waals surface area (Å²) in [4.78, 5) is 11.5. The van der Waals surface area contributed by atoms with Gasteiger partial charge in [-0.1, -0.05) is 24.0 Å². The first-order valence-electron chi connectivity index (χ1n) is 7.37. The van der Waals surface area contributed by atoms with Gasteiger partial charge in [0.2, 0.25) is 0 Å². The Morgan fingerprint density at radius 1 is 1.26 bits per heavy atom. The molecule has 0 aromatic heterocycles. The summed E-state index contributed by atoms with van der Waals surface area (Å²) >= 11 is 0. The number of esters is 1. The van der Waals surface area contributed by atoms with Crippen molar-refractivity contribution >= 4 is 5.97 Å². The van der Waals surface area contributed by atoms with Gasteiger partial charge in [-0.05, 0) is 31.5 Å². The SMILES string of the molecule is COC(=O)C(C)(C)[C@H](O)C#CCCOCc1ccc(OC)cc1. The predicted octanol–water partition coefficient (Wildman–Crippen LogP) is 2.17. The first-order valence-corrected chi connectivity index (χ1v) is 7.37. The molecule has 0 unspecified atom stereocenters. The van der Waals surface area contributed by atoms with E-state index >= 15 is 0 Å². The third-order valence-corrected chi connectivity index (χ3v) is 3.43. The number of aliphatic hydroxyl groups excluding tert-OH is 1. The van der Waals surface area contributed by atoms with Crippen molar-refractivity contribution in [3.05, 3.63) is 29.8 Å². The number of hydrogen-bond acceptors (Lipinski definition) is 5. The van der Waals surface area contributed by atoms with Crippen molar-refractivity contribution in [1.82, 2.24) is 0 Å². The summed E-state index contributed by atoms with van der Waals surface area (Å²) in [5.41, 5.74) is -0.00303. The topological polar surface area (TPSA) is 65.0 Å². The molecule has 0 fully saturated rings. The Morgan fingerprint density at radius 3 is 2.48 bits per heavy atom. The monoisotopic (exact) mass is 320 g/mol. The zero-order valence-electron chi connectivity index (χ0n) is 14.1. The number of aliphatic hydroxyl groups is 1. The molecule has 0 aliphatic heterocycles. The number of methoxy groups -OCH3 is 2. The maximum atomic E-state index is 11.5. The quantitative estimate of drug-likeness (QED) is 0.474. The molecule has 0 bridgehead atoms. The highest BCUT2D eigenvalue weighted by Crippen LogP contribution is 2.21. The van der Waals surface area contributed by atoms with E-state index in [-0.39, 0.29) is 0 Å². The minimum absolute atomic E-state index is 0.449. The van der Waals surface area contributed by atoms with Crippen molar-refractivity contribution in [2.75, 3.05) is 20.8 Å². The van der Waals surface area contributed by atoms with E-state index < -0.39 is 17.5 Å². The van der Waals surface area contributed by atoms with Gasteiger partial charge in [0.15, 0.2) is 0 Å². The minimum atomic E-state index is -1.07. The first-order chi connectivity index (χ1) is 10.9. The van der Waals surface area contributed by atoms with E-state index in [2.05, 4.69) is 16.6 Å². The molecule has 5 heteroatoms. The van der Waals surface area contributed by atoms with Gasteiger partial charge in [0.1, 0.15) is 11.9 Å². The Labute approximate surface area is 137 Å². The van der Waals surface area contributed by atoms with Crippen molar-refractivity contribution in [2.45, 2.75) is 33.0 Å². The second-order valence-electron chi connectivity index (χ2n) is 5.59. The van der Waals surface area contributed by atoms with Crippen LogP contribution in [0, 0.1) is 17.3 Å². The van der Waals surface area contributed by atoms with Gasteiger partial charge in [0.05, 0.1) is 32.8 Å². The lowest BCUT2D eigenvalue weighted by Gasteiger charge is -2.23. The van der Waals surface area contributed by atoms with Crippen LogP contribution in [0.25, 0.3) is 0 Å². The van der Waals surface area contributed by atoms with Gasteiger partial charge < -0.3 is 19.3 Å². The van der Waals surface area contributed by atoms with Crippen molar-refractivity contribution in [2.24, 2.45) is 5.41 Å². The highest BCUT2D eigenvalue weighted by atomic mass is 16.5. The van der Waals surface area contributed by atoms with Crippen LogP contribution >= 0.6 is 0 Å². The summed E-state index contributed by atoms with van der Waals surface area (Å²) in [6.45, 7) is 4.13. The molecule has 1 aromatic rings. The summed E-state index contributed by atoms with van der Waals surface area (Å²) < 4.78 is 15.2. The number of hydrogen-bond donors (Lipinski definition) is 1. The number of rotatable bonds is 7. The minimum Gasteiger partial charge on any atom is -0.497 e. The lowest BCUT2D eigenvalue weighted by atomic mass is 9.87. The number of carbonyl (C=O) groups excluding carboxylic acids is 1. The third-order valence-electron chi connectivity index (χ3n) is 3.43. The molecule has 1 N–H and O–H groups in total. The van der Waals surface area contributed by atoms with E-state index in [4.69, 9.17) is 9.47 Å². The molecule has 23 heavy (non-hydrogen) atoms. The van der Waals surface area contributed by atoms with Crippen molar-refractivity contribution in [3.63, 3.8) is 0 Å². The molecule has 1 aromatic carbocycles. The van der Waals surface area contributed by atoms with Crippen LogP contribution < -0.4 is 4.74 Å². The second kappa shape index (κ2) is 9.19. The molecule has 0 aliphatic rings. The molecule has 5 nitrogen and oxygen atoms in total. The van der Waals surface area contributed by atoms with Crippen LogP contribution in [-0.2, 0) is 20.9 Å². The van der Waals surface area contributed by atoms with Crippen LogP contribution in [0.1, 0.15) is 25.8 Å². The lowest BCUT2D eigenvalue weighted by molar-refractivity contribution is -0.155. The number of carbonyl (C=O) groups is 1. The van der Waals surface area contributed by atoms with E-state index in [9.17, 15) is 9.90 Å². The van der Waals surface area contributed by atoms with Crippen molar-refractivity contribution in [1.29, 1.82) is 0 Å². The van der Waals surface area contributed by atoms with Crippen LogP contribution in [0.2, 0.25) is 0 Å². The first kappa shape index (κ1) is 19.0. The largest absolute Gasteiger partial charge is 0.497 e. The van der Waals surface area contributed by atoms with Gasteiger partial charge in [0, 0.05) is 6.42 Å². The average Bonchev–Trinajstić information content (AvgIpc) is 2.57. The molecule has 1 rings (SSSR count). The maximum absolute atomic E-state index is 11.5. The standard InChI is InChI=1S/C18H24O5/c1-18(2,17(20)22-4)16(19)7-5-6-12-23-13-14-8-10-15(21-3)11-9-14/h8-11,16,19H,6,12-13H2,1-4H3/t16-/m1/s1. The molecule has 126 valence electrons. The summed E-state index contributed by atoms with van der Waals surface area (Å²) in [6, 6.07) is 7.63. The highest BCUT2D eigenvalue weighted by Gasteiger charge is 2.35. The summed E-state index contributed by atoms with van der Waals surface area (Å²) in [7, 11) is 2.91. The molecule has 0 aliphatic carbocycles. The molecule has 0 amide bonds. The summed E-state index contributed by atoms with van der Waals surface area (Å²) in [5, 5.41) is 9.94. The summed E-state index contributed by atoms with van der Waals surface area (Å²) in [5.74, 6) is 5.80. The van der Waals surface area contributed by atoms with Crippen LogP contribution in [0.15, 0.2) is 24.3 Å². The zero-order valence-corrected chi connectivity index (χ0v) is 14.1. The Balaban J connectivity index is 2.33. The van der Waals surface area contributed by atoms with Crippen LogP contribution in [0.5, 0.6) is 5.75 Å². The van der Waals surface area contributed by atoms with E-state index in [1.165, 1.54) is 7.11 Å². The van der Waals surface area contributed by atoms with Gasteiger partial charge >= 0.3 is 5.97 Å². The number of ether oxygens (including phenoxy) is 3. The van der Waals surface area contributed by atoms with Gasteiger partial charge in [0.25, 0.3) is 0 Å². The van der Waals surface area contributed by atoms with Crippen LogP contribution in [0.4, 0.5) is 0 Å². The smallest absolute Gasteiger partial charge is 0.314 e.